The Kier molecular flexibility index (Phi) is 4.31. The molecule has 2 aromatic carbocycles. The third kappa shape index (κ3) is 3.20. The van der Waals surface area contributed by atoms with Crippen molar-refractivity contribution in [2.75, 3.05) is 7.11 Å². The fourth-order valence-electron chi connectivity index (χ4n) is 1.96. The van der Waals surface area contributed by atoms with Gasteiger partial charge in [0.2, 0.25) is 0 Å². The molecule has 0 bridgehead atoms. The molecule has 19 heavy (non-hydrogen) atoms. The topological polar surface area (TPSA) is 46.5 Å². The minimum atomic E-state index is -1.16. The van der Waals surface area contributed by atoms with Crippen LogP contribution in [-0.2, 0) is 11.2 Å². The van der Waals surface area contributed by atoms with E-state index in [2.05, 4.69) is 0 Å². The summed E-state index contributed by atoms with van der Waals surface area (Å²) in [6, 6.07) is 16.4. The van der Waals surface area contributed by atoms with Crippen molar-refractivity contribution in [2.45, 2.75) is 12.5 Å². The van der Waals surface area contributed by atoms with Crippen LogP contribution in [-0.4, -0.2) is 18.0 Å². The van der Waals surface area contributed by atoms with Crippen LogP contribution >= 0.6 is 0 Å². The van der Waals surface area contributed by atoms with Crippen molar-refractivity contribution in [2.24, 2.45) is 0 Å². The summed E-state index contributed by atoms with van der Waals surface area (Å²) in [7, 11) is 1.52. The Morgan fingerprint density at radius 3 is 2.42 bits per heavy atom. The van der Waals surface area contributed by atoms with Gasteiger partial charge in [0.05, 0.1) is 7.11 Å². The number of para-hydroxylation sites is 1. The number of aliphatic hydroxyl groups excluding tert-OH is 1. The second kappa shape index (κ2) is 6.16. The standard InChI is InChI=1S/C16H16O3/c1-19-15-10-6-5-9-13(15)16(18)14(17)11-12-7-3-2-4-8-12/h2-10,16,18H,11H2,1H3/t16-/m1/s1. The van der Waals surface area contributed by atoms with Crippen molar-refractivity contribution in [3.63, 3.8) is 0 Å². The van der Waals surface area contributed by atoms with E-state index in [1.54, 1.807) is 24.3 Å². The average Bonchev–Trinajstić information content (AvgIpc) is 2.47. The van der Waals surface area contributed by atoms with Gasteiger partial charge in [-0.1, -0.05) is 48.5 Å². The van der Waals surface area contributed by atoms with Crippen molar-refractivity contribution in [1.82, 2.24) is 0 Å². The van der Waals surface area contributed by atoms with Gasteiger partial charge in [0.1, 0.15) is 11.9 Å². The summed E-state index contributed by atoms with van der Waals surface area (Å²) in [6.45, 7) is 0. The quantitative estimate of drug-likeness (QED) is 0.894. The fraction of sp³-hybridized carbons (Fsp3) is 0.188. The van der Waals surface area contributed by atoms with Crippen LogP contribution in [0.25, 0.3) is 0 Å². The van der Waals surface area contributed by atoms with Crippen molar-refractivity contribution in [3.05, 3.63) is 65.7 Å². The van der Waals surface area contributed by atoms with Gasteiger partial charge < -0.3 is 9.84 Å². The summed E-state index contributed by atoms with van der Waals surface area (Å²) in [5, 5.41) is 10.1. The van der Waals surface area contributed by atoms with Gasteiger partial charge in [-0.2, -0.15) is 0 Å². The van der Waals surface area contributed by atoms with Crippen molar-refractivity contribution >= 4 is 5.78 Å². The number of Topliss-reactive ketones (excluding diaryl/α,β-unsaturated/α-hetero) is 1. The number of hydrogen-bond acceptors (Lipinski definition) is 3. The van der Waals surface area contributed by atoms with Gasteiger partial charge in [-0.25, -0.2) is 0 Å². The third-order valence-electron chi connectivity index (χ3n) is 2.96. The molecule has 0 unspecified atom stereocenters. The van der Waals surface area contributed by atoms with E-state index in [1.807, 2.05) is 30.3 Å². The molecule has 98 valence electrons. The second-order valence-electron chi connectivity index (χ2n) is 4.27. The van der Waals surface area contributed by atoms with E-state index in [1.165, 1.54) is 7.11 Å². The number of ketones is 1. The Morgan fingerprint density at radius 1 is 1.11 bits per heavy atom. The molecular weight excluding hydrogens is 240 g/mol. The third-order valence-corrected chi connectivity index (χ3v) is 2.96. The number of rotatable bonds is 5. The van der Waals surface area contributed by atoms with Crippen LogP contribution in [0.3, 0.4) is 0 Å². The number of aliphatic hydroxyl groups is 1. The van der Waals surface area contributed by atoms with Crippen LogP contribution in [0.5, 0.6) is 5.75 Å². The van der Waals surface area contributed by atoms with Crippen molar-refractivity contribution in [1.29, 1.82) is 0 Å². The smallest absolute Gasteiger partial charge is 0.170 e. The highest BCUT2D eigenvalue weighted by Crippen LogP contribution is 2.26. The molecule has 2 rings (SSSR count). The molecule has 0 amide bonds. The zero-order chi connectivity index (χ0) is 13.7. The first-order chi connectivity index (χ1) is 9.22. The lowest BCUT2D eigenvalue weighted by molar-refractivity contribution is -0.126. The molecule has 0 aliphatic carbocycles. The monoisotopic (exact) mass is 256 g/mol. The number of hydrogen-bond donors (Lipinski definition) is 1. The van der Waals surface area contributed by atoms with E-state index >= 15 is 0 Å². The van der Waals surface area contributed by atoms with Gasteiger partial charge in [0, 0.05) is 12.0 Å². The van der Waals surface area contributed by atoms with Gasteiger partial charge in [0.25, 0.3) is 0 Å². The summed E-state index contributed by atoms with van der Waals surface area (Å²) < 4.78 is 5.15. The number of ether oxygens (including phenoxy) is 1. The first-order valence-corrected chi connectivity index (χ1v) is 6.10. The van der Waals surface area contributed by atoms with Crippen LogP contribution in [0.15, 0.2) is 54.6 Å². The Labute approximate surface area is 112 Å². The number of carbonyl (C=O) groups is 1. The maximum Gasteiger partial charge on any atom is 0.170 e. The molecule has 1 atom stereocenters. The van der Waals surface area contributed by atoms with E-state index in [-0.39, 0.29) is 12.2 Å². The molecule has 0 saturated heterocycles. The summed E-state index contributed by atoms with van der Waals surface area (Å²) in [6.07, 6.45) is -0.948. The molecule has 1 N–H and O–H groups in total. The molecule has 0 saturated carbocycles. The van der Waals surface area contributed by atoms with Gasteiger partial charge in [-0.15, -0.1) is 0 Å². The fourth-order valence-corrected chi connectivity index (χ4v) is 1.96. The van der Waals surface area contributed by atoms with E-state index in [4.69, 9.17) is 4.74 Å². The van der Waals surface area contributed by atoms with E-state index in [0.717, 1.165) is 5.56 Å². The molecule has 0 heterocycles. The first kappa shape index (κ1) is 13.3. The normalized spacial score (nSPS) is 11.9. The number of carbonyl (C=O) groups excluding carboxylic acids is 1. The molecule has 0 aliphatic rings. The van der Waals surface area contributed by atoms with Gasteiger partial charge in [-0.3, -0.25) is 4.79 Å². The Morgan fingerprint density at radius 2 is 1.74 bits per heavy atom. The lowest BCUT2D eigenvalue weighted by atomic mass is 9.99. The maximum absolute atomic E-state index is 12.1. The molecule has 0 aliphatic heterocycles. The van der Waals surface area contributed by atoms with Crippen LogP contribution < -0.4 is 4.74 Å². The number of benzene rings is 2. The Balaban J connectivity index is 2.15. The van der Waals surface area contributed by atoms with E-state index in [0.29, 0.717) is 11.3 Å². The van der Waals surface area contributed by atoms with Gasteiger partial charge >= 0.3 is 0 Å². The summed E-state index contributed by atoms with van der Waals surface area (Å²) in [5.41, 5.74) is 1.40. The van der Waals surface area contributed by atoms with Crippen molar-refractivity contribution in [3.8, 4) is 5.75 Å². The minimum Gasteiger partial charge on any atom is -0.496 e. The van der Waals surface area contributed by atoms with E-state index in [9.17, 15) is 9.90 Å². The summed E-state index contributed by atoms with van der Waals surface area (Å²) in [4.78, 5) is 12.1. The SMILES string of the molecule is COc1ccccc1[C@@H](O)C(=O)Cc1ccccc1. The molecule has 3 heteroatoms. The molecular formula is C16H16O3. The lowest BCUT2D eigenvalue weighted by Crippen LogP contribution is -2.15. The predicted molar refractivity (Wildman–Crippen MR) is 73.1 cm³/mol. The Bertz CT molecular complexity index is 549. The largest absolute Gasteiger partial charge is 0.496 e. The summed E-state index contributed by atoms with van der Waals surface area (Å²) in [5.74, 6) is 0.284. The first-order valence-electron chi connectivity index (χ1n) is 6.10. The van der Waals surface area contributed by atoms with E-state index < -0.39 is 6.10 Å². The average molecular weight is 256 g/mol. The second-order valence-corrected chi connectivity index (χ2v) is 4.27. The number of methoxy groups -OCH3 is 1. The van der Waals surface area contributed by atoms with Gasteiger partial charge in [-0.05, 0) is 11.6 Å². The maximum atomic E-state index is 12.1. The van der Waals surface area contributed by atoms with Gasteiger partial charge in [0.15, 0.2) is 5.78 Å². The summed E-state index contributed by atoms with van der Waals surface area (Å²) >= 11 is 0. The zero-order valence-electron chi connectivity index (χ0n) is 10.7. The molecule has 3 nitrogen and oxygen atoms in total. The van der Waals surface area contributed by atoms with Crippen LogP contribution in [0, 0.1) is 0 Å². The molecule has 0 spiro atoms. The van der Waals surface area contributed by atoms with Crippen LogP contribution in [0.1, 0.15) is 17.2 Å². The molecule has 0 fully saturated rings. The highest BCUT2D eigenvalue weighted by atomic mass is 16.5. The van der Waals surface area contributed by atoms with Crippen molar-refractivity contribution < 1.29 is 14.6 Å². The molecule has 0 aromatic heterocycles. The van der Waals surface area contributed by atoms with Crippen LogP contribution in [0.4, 0.5) is 0 Å². The highest BCUT2D eigenvalue weighted by molar-refractivity contribution is 5.86. The Hall–Kier alpha value is -2.13. The van der Waals surface area contributed by atoms with Crippen LogP contribution in [0.2, 0.25) is 0 Å². The molecule has 2 aromatic rings. The zero-order valence-corrected chi connectivity index (χ0v) is 10.7. The highest BCUT2D eigenvalue weighted by Gasteiger charge is 2.20. The minimum absolute atomic E-state index is 0.208. The predicted octanol–water partition coefficient (Wildman–Crippen LogP) is 2.54. The lowest BCUT2D eigenvalue weighted by Gasteiger charge is -2.13. The molecule has 0 radical (unpaired) electrons.